The Morgan fingerprint density at radius 2 is 2.16 bits per heavy atom. The molecule has 2 aliphatic heterocycles. The van der Waals surface area contributed by atoms with E-state index < -0.39 is 12.2 Å². The fraction of sp³-hybridized carbons (Fsp3) is 0.556. The second-order valence-corrected chi connectivity index (χ2v) is 6.99. The maximum atomic E-state index is 14.6. The molecule has 6 nitrogen and oxygen atoms in total. The lowest BCUT2D eigenvalue weighted by molar-refractivity contribution is -0.121. The highest BCUT2D eigenvalue weighted by Gasteiger charge is 2.54. The van der Waals surface area contributed by atoms with E-state index in [1.165, 1.54) is 11.0 Å². The molecule has 4 atom stereocenters. The normalized spacial score (nSPS) is 30.2. The largest absolute Gasteiger partial charge is 0.442 e. The van der Waals surface area contributed by atoms with Crippen LogP contribution in [0.15, 0.2) is 18.2 Å². The molecule has 3 fully saturated rings. The Morgan fingerprint density at radius 3 is 2.84 bits per heavy atom. The molecule has 134 valence electrons. The maximum Gasteiger partial charge on any atom is 0.414 e. The van der Waals surface area contributed by atoms with Crippen molar-refractivity contribution in [2.75, 3.05) is 31.1 Å². The highest BCUT2D eigenvalue weighted by Crippen LogP contribution is 2.56. The highest BCUT2D eigenvalue weighted by atomic mass is 19.1. The number of cyclic esters (lactones) is 1. The average Bonchev–Trinajstić information content (AvgIpc) is 2.95. The smallest absolute Gasteiger partial charge is 0.414 e. The van der Waals surface area contributed by atoms with Crippen LogP contribution in [-0.2, 0) is 9.53 Å². The van der Waals surface area contributed by atoms with Crippen LogP contribution in [0.4, 0.5) is 14.9 Å². The van der Waals surface area contributed by atoms with E-state index in [0.717, 1.165) is 18.7 Å². The van der Waals surface area contributed by atoms with Gasteiger partial charge in [-0.2, -0.15) is 0 Å². The van der Waals surface area contributed by atoms with Gasteiger partial charge in [-0.25, -0.2) is 9.18 Å². The van der Waals surface area contributed by atoms with Crippen LogP contribution in [0.1, 0.15) is 24.8 Å². The summed E-state index contributed by atoms with van der Waals surface area (Å²) in [5.74, 6) is 1.05. The Hall–Kier alpha value is -2.15. The van der Waals surface area contributed by atoms with E-state index in [1.54, 1.807) is 19.1 Å². The number of amides is 2. The summed E-state index contributed by atoms with van der Waals surface area (Å²) in [6, 6.07) is 5.01. The van der Waals surface area contributed by atoms with Crippen molar-refractivity contribution in [1.82, 2.24) is 10.6 Å². The predicted octanol–water partition coefficient (Wildman–Crippen LogP) is 1.61. The van der Waals surface area contributed by atoms with Crippen LogP contribution in [0.5, 0.6) is 0 Å². The summed E-state index contributed by atoms with van der Waals surface area (Å²) >= 11 is 0. The Balaban J connectivity index is 1.42. The third-order valence-corrected chi connectivity index (χ3v) is 5.47. The fourth-order valence-corrected chi connectivity index (χ4v) is 4.03. The minimum atomic E-state index is -0.504. The lowest BCUT2D eigenvalue weighted by atomic mass is 10.1. The Bertz CT molecular complexity index is 701. The van der Waals surface area contributed by atoms with Crippen LogP contribution in [0.2, 0.25) is 0 Å². The van der Waals surface area contributed by atoms with Crippen molar-refractivity contribution in [3.8, 4) is 0 Å². The number of hydrogen-bond acceptors (Lipinski definition) is 4. The fourth-order valence-electron chi connectivity index (χ4n) is 4.03. The zero-order valence-electron chi connectivity index (χ0n) is 14.1. The van der Waals surface area contributed by atoms with E-state index in [4.69, 9.17) is 4.74 Å². The van der Waals surface area contributed by atoms with Crippen LogP contribution in [0.25, 0.3) is 0 Å². The van der Waals surface area contributed by atoms with Crippen molar-refractivity contribution in [3.63, 3.8) is 0 Å². The first kappa shape index (κ1) is 16.3. The summed E-state index contributed by atoms with van der Waals surface area (Å²) in [6.07, 6.45) is -0.537. The van der Waals surface area contributed by atoms with Gasteiger partial charge >= 0.3 is 6.09 Å². The lowest BCUT2D eigenvalue weighted by Gasteiger charge is -2.15. The Kier molecular flexibility index (Phi) is 4.11. The van der Waals surface area contributed by atoms with E-state index in [2.05, 4.69) is 10.6 Å². The van der Waals surface area contributed by atoms with Crippen molar-refractivity contribution in [1.29, 1.82) is 0 Å². The minimum absolute atomic E-state index is 0.0885. The van der Waals surface area contributed by atoms with Gasteiger partial charge < -0.3 is 15.4 Å². The molecule has 1 aromatic rings. The number of carbonyl (C=O) groups is 2. The average molecular weight is 347 g/mol. The van der Waals surface area contributed by atoms with E-state index in [9.17, 15) is 14.0 Å². The lowest BCUT2D eigenvalue weighted by Crippen LogP contribution is -2.34. The van der Waals surface area contributed by atoms with Gasteiger partial charge in [0.15, 0.2) is 0 Å². The van der Waals surface area contributed by atoms with Gasteiger partial charge in [-0.3, -0.25) is 9.69 Å². The van der Waals surface area contributed by atoms with E-state index in [-0.39, 0.29) is 18.3 Å². The van der Waals surface area contributed by atoms with E-state index in [1.807, 2.05) is 0 Å². The molecule has 0 aromatic heterocycles. The SMILES string of the molecule is CCC(=O)NC[C@H]1CN(c2ccc(C3[C@H]4CNC[C@@H]34)c(F)c2)C(=O)O1. The topological polar surface area (TPSA) is 70.7 Å². The highest BCUT2D eigenvalue weighted by molar-refractivity contribution is 5.89. The molecule has 1 unspecified atom stereocenters. The monoisotopic (exact) mass is 347 g/mol. The molecule has 0 spiro atoms. The second kappa shape index (κ2) is 6.29. The van der Waals surface area contributed by atoms with Gasteiger partial charge in [-0.1, -0.05) is 13.0 Å². The van der Waals surface area contributed by atoms with Crippen molar-refractivity contribution in [2.24, 2.45) is 11.8 Å². The van der Waals surface area contributed by atoms with Gasteiger partial charge in [0.1, 0.15) is 11.9 Å². The second-order valence-electron chi connectivity index (χ2n) is 6.99. The van der Waals surface area contributed by atoms with E-state index in [0.29, 0.717) is 36.4 Å². The molecule has 0 radical (unpaired) electrons. The van der Waals surface area contributed by atoms with Crippen LogP contribution in [-0.4, -0.2) is 44.3 Å². The summed E-state index contributed by atoms with van der Waals surface area (Å²) in [7, 11) is 0. The van der Waals surface area contributed by atoms with Crippen molar-refractivity contribution in [2.45, 2.75) is 25.4 Å². The third-order valence-electron chi connectivity index (χ3n) is 5.47. The summed E-state index contributed by atoms with van der Waals surface area (Å²) < 4.78 is 19.8. The van der Waals surface area contributed by atoms with Crippen molar-refractivity contribution in [3.05, 3.63) is 29.6 Å². The summed E-state index contributed by atoms with van der Waals surface area (Å²) in [4.78, 5) is 24.8. The molecule has 0 bridgehead atoms. The molecule has 1 aromatic carbocycles. The van der Waals surface area contributed by atoms with Crippen molar-refractivity contribution >= 4 is 17.7 Å². The van der Waals surface area contributed by atoms with Gasteiger partial charge in [0.05, 0.1) is 18.8 Å². The molecule has 7 heteroatoms. The number of carbonyl (C=O) groups excluding carboxylic acids is 2. The summed E-state index contributed by atoms with van der Waals surface area (Å²) in [5.41, 5.74) is 1.25. The number of halogens is 1. The summed E-state index contributed by atoms with van der Waals surface area (Å²) in [6.45, 7) is 4.26. The van der Waals surface area contributed by atoms with Crippen LogP contribution < -0.4 is 15.5 Å². The van der Waals surface area contributed by atoms with Crippen molar-refractivity contribution < 1.29 is 18.7 Å². The molecule has 2 N–H and O–H groups in total. The molecule has 4 rings (SSSR count). The molecule has 2 saturated heterocycles. The first-order chi connectivity index (χ1) is 12.1. The van der Waals surface area contributed by atoms with Gasteiger partial charge in [-0.15, -0.1) is 0 Å². The van der Waals surface area contributed by atoms with Gasteiger partial charge in [0, 0.05) is 6.42 Å². The Labute approximate surface area is 145 Å². The standard InChI is InChI=1S/C18H22FN3O3/c1-2-16(23)21-6-11-9-22(18(24)25-11)10-3-4-12(15(19)5-10)17-13-7-20-8-14(13)17/h3-5,11,13-14,17,20H,2,6-9H2,1H3,(H,21,23)/t11-,13-,14+,17?/m0/s1. The number of piperidine rings is 1. The first-order valence-corrected chi connectivity index (χ1v) is 8.83. The zero-order chi connectivity index (χ0) is 17.6. The molecule has 2 heterocycles. The third kappa shape index (κ3) is 2.97. The minimum Gasteiger partial charge on any atom is -0.442 e. The molecule has 1 aliphatic carbocycles. The number of fused-ring (bicyclic) bond motifs is 1. The van der Waals surface area contributed by atoms with Gasteiger partial charge in [0.2, 0.25) is 5.91 Å². The Morgan fingerprint density at radius 1 is 1.40 bits per heavy atom. The van der Waals surface area contributed by atoms with Gasteiger partial charge in [0.25, 0.3) is 0 Å². The molecule has 1 saturated carbocycles. The van der Waals surface area contributed by atoms with Crippen LogP contribution in [0, 0.1) is 17.7 Å². The number of ether oxygens (including phenoxy) is 1. The first-order valence-electron chi connectivity index (χ1n) is 8.83. The number of benzene rings is 1. The predicted molar refractivity (Wildman–Crippen MR) is 89.9 cm³/mol. The van der Waals surface area contributed by atoms with E-state index >= 15 is 0 Å². The number of nitrogens with zero attached hydrogens (tertiary/aromatic N) is 1. The molecular formula is C18H22FN3O3. The maximum absolute atomic E-state index is 14.6. The van der Waals surface area contributed by atoms with Gasteiger partial charge in [-0.05, 0) is 48.5 Å². The quantitative estimate of drug-likeness (QED) is 0.849. The molecule has 25 heavy (non-hydrogen) atoms. The number of anilines is 1. The number of hydrogen-bond donors (Lipinski definition) is 2. The van der Waals surface area contributed by atoms with Crippen LogP contribution in [0.3, 0.4) is 0 Å². The van der Waals surface area contributed by atoms with Crippen LogP contribution >= 0.6 is 0 Å². The zero-order valence-corrected chi connectivity index (χ0v) is 14.1. The molecular weight excluding hydrogens is 325 g/mol. The summed E-state index contributed by atoms with van der Waals surface area (Å²) in [5, 5.41) is 6.02. The molecule has 2 amide bonds. The number of nitrogens with one attached hydrogen (secondary N) is 2. The molecule has 3 aliphatic rings. The number of rotatable bonds is 5.